The maximum atomic E-state index is 12.3. The van der Waals surface area contributed by atoms with Gasteiger partial charge in [-0.05, 0) is 30.7 Å². The van der Waals surface area contributed by atoms with Gasteiger partial charge in [-0.3, -0.25) is 30.6 Å². The molecule has 0 aliphatic heterocycles. The molecule has 0 aliphatic carbocycles. The van der Waals surface area contributed by atoms with Crippen LogP contribution in [0.4, 0.5) is 5.69 Å². The van der Waals surface area contributed by atoms with E-state index >= 15 is 0 Å². The van der Waals surface area contributed by atoms with Crippen molar-refractivity contribution in [1.29, 1.82) is 0 Å². The van der Waals surface area contributed by atoms with Crippen molar-refractivity contribution in [1.82, 2.24) is 10.9 Å². The van der Waals surface area contributed by atoms with Gasteiger partial charge in [-0.25, -0.2) is 0 Å². The fraction of sp³-hybridized carbons (Fsp3) is 0.263. The Balaban J connectivity index is 1.82. The highest BCUT2D eigenvalue weighted by Gasteiger charge is 2.13. The number of non-ortho nitro benzene ring substituents is 1. The lowest BCUT2D eigenvalue weighted by atomic mass is 10.2. The van der Waals surface area contributed by atoms with Gasteiger partial charge in [0.2, 0.25) is 0 Å². The van der Waals surface area contributed by atoms with Crippen molar-refractivity contribution >= 4 is 17.5 Å². The number of carbonyl (C=O) groups is 2. The van der Waals surface area contributed by atoms with E-state index in [1.165, 1.54) is 24.3 Å². The standard InChI is InChI=1S/C19H21N3O6/c1-2-3-12-27-17-7-5-4-6-16(17)19(24)21-20-18(23)13-28-15-10-8-14(9-11-15)22(25)26/h4-11H,2-3,12-13H2,1H3,(H,20,23)(H,21,24). The summed E-state index contributed by atoms with van der Waals surface area (Å²) in [5.74, 6) is -0.376. The molecule has 0 radical (unpaired) electrons. The van der Waals surface area contributed by atoms with Gasteiger partial charge in [0.1, 0.15) is 11.5 Å². The Morgan fingerprint density at radius 3 is 2.43 bits per heavy atom. The normalized spacial score (nSPS) is 10.0. The Kier molecular flexibility index (Phi) is 7.77. The third kappa shape index (κ3) is 6.27. The zero-order chi connectivity index (χ0) is 20.4. The molecule has 0 fully saturated rings. The second kappa shape index (κ2) is 10.5. The fourth-order valence-electron chi connectivity index (χ4n) is 2.15. The summed E-state index contributed by atoms with van der Waals surface area (Å²) in [6.45, 7) is 2.17. The molecule has 2 aromatic carbocycles. The van der Waals surface area contributed by atoms with Crippen molar-refractivity contribution in [2.75, 3.05) is 13.2 Å². The number of nitro groups is 1. The van der Waals surface area contributed by atoms with Crippen molar-refractivity contribution in [2.45, 2.75) is 19.8 Å². The third-order valence-corrected chi connectivity index (χ3v) is 3.62. The average Bonchev–Trinajstić information content (AvgIpc) is 2.71. The van der Waals surface area contributed by atoms with Crippen LogP contribution in [0.3, 0.4) is 0 Å². The van der Waals surface area contributed by atoms with Crippen LogP contribution in [0.25, 0.3) is 0 Å². The molecule has 9 heteroatoms. The van der Waals surface area contributed by atoms with E-state index in [0.717, 1.165) is 12.8 Å². The Morgan fingerprint density at radius 2 is 1.75 bits per heavy atom. The minimum Gasteiger partial charge on any atom is -0.493 e. The van der Waals surface area contributed by atoms with Gasteiger partial charge < -0.3 is 9.47 Å². The summed E-state index contributed by atoms with van der Waals surface area (Å²) in [5, 5.41) is 10.6. The molecule has 2 rings (SSSR count). The molecule has 9 nitrogen and oxygen atoms in total. The van der Waals surface area contributed by atoms with E-state index in [1.807, 2.05) is 6.92 Å². The quantitative estimate of drug-likeness (QED) is 0.388. The number of ether oxygens (including phenoxy) is 2. The monoisotopic (exact) mass is 387 g/mol. The maximum absolute atomic E-state index is 12.3. The molecule has 0 aliphatic rings. The number of benzene rings is 2. The molecule has 0 atom stereocenters. The van der Waals surface area contributed by atoms with Gasteiger partial charge in [-0.1, -0.05) is 25.5 Å². The van der Waals surface area contributed by atoms with E-state index in [-0.39, 0.29) is 12.3 Å². The molecular weight excluding hydrogens is 366 g/mol. The summed E-state index contributed by atoms with van der Waals surface area (Å²) in [6.07, 6.45) is 1.84. The molecule has 2 aromatic rings. The zero-order valence-electron chi connectivity index (χ0n) is 15.3. The second-order valence-electron chi connectivity index (χ2n) is 5.74. The maximum Gasteiger partial charge on any atom is 0.276 e. The minimum atomic E-state index is -0.587. The van der Waals surface area contributed by atoms with Gasteiger partial charge in [0.25, 0.3) is 17.5 Å². The van der Waals surface area contributed by atoms with E-state index in [2.05, 4.69) is 10.9 Å². The van der Waals surface area contributed by atoms with Gasteiger partial charge in [-0.2, -0.15) is 0 Å². The van der Waals surface area contributed by atoms with E-state index in [1.54, 1.807) is 24.3 Å². The van der Waals surface area contributed by atoms with Crippen molar-refractivity contribution in [2.24, 2.45) is 0 Å². The van der Waals surface area contributed by atoms with Crippen LogP contribution in [0.5, 0.6) is 11.5 Å². The molecule has 0 saturated carbocycles. The first-order valence-electron chi connectivity index (χ1n) is 8.69. The van der Waals surface area contributed by atoms with E-state index < -0.39 is 16.7 Å². The number of hydrazine groups is 1. The summed E-state index contributed by atoms with van der Waals surface area (Å²) in [5.41, 5.74) is 4.77. The Bertz CT molecular complexity index is 823. The molecule has 28 heavy (non-hydrogen) atoms. The number of nitro benzene ring substituents is 1. The predicted octanol–water partition coefficient (Wildman–Crippen LogP) is 2.61. The topological polar surface area (TPSA) is 120 Å². The molecule has 0 aromatic heterocycles. The highest BCUT2D eigenvalue weighted by atomic mass is 16.6. The summed E-state index contributed by atoms with van der Waals surface area (Å²) >= 11 is 0. The number of hydrogen-bond acceptors (Lipinski definition) is 6. The van der Waals surface area contributed by atoms with Crippen LogP contribution in [0, 0.1) is 10.1 Å². The van der Waals surface area contributed by atoms with Gasteiger partial charge in [0.15, 0.2) is 6.61 Å². The molecule has 2 N–H and O–H groups in total. The number of hydrogen-bond donors (Lipinski definition) is 2. The lowest BCUT2D eigenvalue weighted by Crippen LogP contribution is -2.43. The lowest BCUT2D eigenvalue weighted by molar-refractivity contribution is -0.384. The summed E-state index contributed by atoms with van der Waals surface area (Å²) in [6, 6.07) is 12.0. The molecular formula is C19H21N3O6. The largest absolute Gasteiger partial charge is 0.493 e. The minimum absolute atomic E-state index is 0.0797. The molecule has 2 amide bonds. The van der Waals surface area contributed by atoms with Gasteiger partial charge in [0, 0.05) is 12.1 Å². The van der Waals surface area contributed by atoms with Gasteiger partial charge >= 0.3 is 0 Å². The summed E-state index contributed by atoms with van der Waals surface area (Å²) in [7, 11) is 0. The van der Waals surface area contributed by atoms with Crippen molar-refractivity contribution < 1.29 is 24.0 Å². The summed E-state index contributed by atoms with van der Waals surface area (Å²) in [4.78, 5) is 34.2. The number of unbranched alkanes of at least 4 members (excludes halogenated alkanes) is 1. The number of rotatable bonds is 9. The first-order valence-corrected chi connectivity index (χ1v) is 8.69. The highest BCUT2D eigenvalue weighted by molar-refractivity contribution is 5.97. The fourth-order valence-corrected chi connectivity index (χ4v) is 2.15. The highest BCUT2D eigenvalue weighted by Crippen LogP contribution is 2.18. The number of nitrogens with one attached hydrogen (secondary N) is 2. The molecule has 148 valence electrons. The Hall–Kier alpha value is -3.62. The molecule has 0 spiro atoms. The van der Waals surface area contributed by atoms with Gasteiger partial charge in [0.05, 0.1) is 17.1 Å². The lowest BCUT2D eigenvalue weighted by Gasteiger charge is -2.12. The Labute approximate surface area is 161 Å². The van der Waals surface area contributed by atoms with Crippen molar-refractivity contribution in [3.8, 4) is 11.5 Å². The zero-order valence-corrected chi connectivity index (χ0v) is 15.3. The molecule has 0 bridgehead atoms. The second-order valence-corrected chi connectivity index (χ2v) is 5.74. The first kappa shape index (κ1) is 20.7. The average molecular weight is 387 g/mol. The van der Waals surface area contributed by atoms with Crippen LogP contribution in [-0.2, 0) is 4.79 Å². The molecule has 0 heterocycles. The number of carbonyl (C=O) groups excluding carboxylic acids is 2. The Morgan fingerprint density at radius 1 is 1.04 bits per heavy atom. The smallest absolute Gasteiger partial charge is 0.276 e. The molecule has 0 unspecified atom stereocenters. The van der Waals surface area contributed by atoms with Crippen LogP contribution < -0.4 is 20.3 Å². The van der Waals surface area contributed by atoms with Crippen LogP contribution in [0.2, 0.25) is 0 Å². The predicted molar refractivity (Wildman–Crippen MR) is 101 cm³/mol. The van der Waals surface area contributed by atoms with Crippen molar-refractivity contribution in [3.63, 3.8) is 0 Å². The van der Waals surface area contributed by atoms with Crippen LogP contribution >= 0.6 is 0 Å². The third-order valence-electron chi connectivity index (χ3n) is 3.62. The van der Waals surface area contributed by atoms with Crippen LogP contribution in [0.1, 0.15) is 30.1 Å². The molecule has 0 saturated heterocycles. The number of amides is 2. The van der Waals surface area contributed by atoms with Crippen LogP contribution in [0.15, 0.2) is 48.5 Å². The van der Waals surface area contributed by atoms with Crippen molar-refractivity contribution in [3.05, 3.63) is 64.2 Å². The number of para-hydroxylation sites is 1. The van der Waals surface area contributed by atoms with E-state index in [9.17, 15) is 19.7 Å². The van der Waals surface area contributed by atoms with E-state index in [4.69, 9.17) is 9.47 Å². The van der Waals surface area contributed by atoms with Crippen LogP contribution in [-0.4, -0.2) is 30.0 Å². The van der Waals surface area contributed by atoms with E-state index in [0.29, 0.717) is 23.7 Å². The SMILES string of the molecule is CCCCOc1ccccc1C(=O)NNC(=O)COc1ccc([N+](=O)[O-])cc1. The first-order chi connectivity index (χ1) is 13.5. The number of nitrogens with zero attached hydrogens (tertiary/aromatic N) is 1. The summed E-state index contributed by atoms with van der Waals surface area (Å²) < 4.78 is 10.8. The van der Waals surface area contributed by atoms with Gasteiger partial charge in [-0.15, -0.1) is 0 Å².